The van der Waals surface area contributed by atoms with Crippen LogP contribution >= 0.6 is 0 Å². The first-order chi connectivity index (χ1) is 9.95. The van der Waals surface area contributed by atoms with E-state index in [9.17, 15) is 4.79 Å². The molecule has 2 heterocycles. The number of rotatable bonds is 6. The number of aromatic nitrogens is 4. The number of hydrogen-bond acceptors (Lipinski definition) is 5. The SMILES string of the molecule is CCCC(CC(=O)O)n1nnnc1C1C(C)OC(C)C1C. The Morgan fingerprint density at radius 2 is 2.10 bits per heavy atom. The Morgan fingerprint density at radius 1 is 1.38 bits per heavy atom. The second-order valence-electron chi connectivity index (χ2n) is 5.95. The van der Waals surface area contributed by atoms with Gasteiger partial charge in [-0.05, 0) is 36.6 Å². The van der Waals surface area contributed by atoms with Crippen LogP contribution in [0.1, 0.15) is 64.7 Å². The quantitative estimate of drug-likeness (QED) is 0.863. The molecule has 1 fully saturated rings. The van der Waals surface area contributed by atoms with Crippen LogP contribution in [0.25, 0.3) is 0 Å². The molecule has 1 aliphatic rings. The predicted molar refractivity (Wildman–Crippen MR) is 75.9 cm³/mol. The first kappa shape index (κ1) is 15.9. The van der Waals surface area contributed by atoms with Gasteiger partial charge in [-0.3, -0.25) is 4.79 Å². The van der Waals surface area contributed by atoms with Crippen molar-refractivity contribution in [2.45, 2.75) is 71.1 Å². The summed E-state index contributed by atoms with van der Waals surface area (Å²) in [6, 6.07) is -0.201. The van der Waals surface area contributed by atoms with Crippen molar-refractivity contribution in [1.82, 2.24) is 20.2 Å². The number of tetrazole rings is 1. The highest BCUT2D eigenvalue weighted by atomic mass is 16.5. The summed E-state index contributed by atoms with van der Waals surface area (Å²) in [5, 5.41) is 21.1. The first-order valence-corrected chi connectivity index (χ1v) is 7.60. The van der Waals surface area contributed by atoms with E-state index in [1.165, 1.54) is 0 Å². The van der Waals surface area contributed by atoms with E-state index in [-0.39, 0.29) is 30.6 Å². The Kier molecular flexibility index (Phi) is 4.92. The van der Waals surface area contributed by atoms with Crippen molar-refractivity contribution in [3.8, 4) is 0 Å². The van der Waals surface area contributed by atoms with Crippen molar-refractivity contribution in [1.29, 1.82) is 0 Å². The predicted octanol–water partition coefficient (Wildman–Crippen LogP) is 2.02. The lowest BCUT2D eigenvalue weighted by molar-refractivity contribution is -0.138. The van der Waals surface area contributed by atoms with Gasteiger partial charge in [-0.25, -0.2) is 4.68 Å². The molecule has 1 saturated heterocycles. The van der Waals surface area contributed by atoms with Crippen molar-refractivity contribution >= 4 is 5.97 Å². The van der Waals surface area contributed by atoms with Gasteiger partial charge in [-0.15, -0.1) is 5.10 Å². The van der Waals surface area contributed by atoms with Gasteiger partial charge in [0.15, 0.2) is 5.82 Å². The molecule has 1 N–H and O–H groups in total. The summed E-state index contributed by atoms with van der Waals surface area (Å²) in [4.78, 5) is 11.1. The van der Waals surface area contributed by atoms with Gasteiger partial charge in [0.25, 0.3) is 0 Å². The minimum Gasteiger partial charge on any atom is -0.481 e. The second kappa shape index (κ2) is 6.51. The second-order valence-corrected chi connectivity index (χ2v) is 5.95. The van der Waals surface area contributed by atoms with Gasteiger partial charge in [0.1, 0.15) is 0 Å². The summed E-state index contributed by atoms with van der Waals surface area (Å²) in [7, 11) is 0. The van der Waals surface area contributed by atoms with Crippen LogP contribution in [0.2, 0.25) is 0 Å². The molecule has 0 aromatic carbocycles. The molecule has 7 nitrogen and oxygen atoms in total. The van der Waals surface area contributed by atoms with Crippen LogP contribution in [0.5, 0.6) is 0 Å². The number of carboxylic acids is 1. The van der Waals surface area contributed by atoms with E-state index in [1.807, 2.05) is 13.8 Å². The lowest BCUT2D eigenvalue weighted by atomic mass is 9.88. The van der Waals surface area contributed by atoms with E-state index in [0.717, 1.165) is 18.7 Å². The summed E-state index contributed by atoms with van der Waals surface area (Å²) in [5.41, 5.74) is 0. The summed E-state index contributed by atoms with van der Waals surface area (Å²) in [6.45, 7) is 8.24. The third-order valence-corrected chi connectivity index (χ3v) is 4.44. The fourth-order valence-electron chi connectivity index (χ4n) is 3.24. The molecule has 5 unspecified atom stereocenters. The fourth-order valence-corrected chi connectivity index (χ4v) is 3.24. The largest absolute Gasteiger partial charge is 0.481 e. The molecule has 7 heteroatoms. The normalized spacial score (nSPS) is 30.5. The first-order valence-electron chi connectivity index (χ1n) is 7.60. The Morgan fingerprint density at radius 3 is 2.62 bits per heavy atom. The number of ether oxygens (including phenoxy) is 1. The van der Waals surface area contributed by atoms with Crippen LogP contribution in [0.15, 0.2) is 0 Å². The molecule has 0 aliphatic carbocycles. The molecule has 2 rings (SSSR count). The molecule has 0 bridgehead atoms. The average molecular weight is 296 g/mol. The maximum Gasteiger partial charge on any atom is 0.305 e. The third kappa shape index (κ3) is 3.23. The summed E-state index contributed by atoms with van der Waals surface area (Å²) < 4.78 is 7.57. The van der Waals surface area contributed by atoms with E-state index >= 15 is 0 Å². The fraction of sp³-hybridized carbons (Fsp3) is 0.857. The van der Waals surface area contributed by atoms with Crippen LogP contribution in [-0.2, 0) is 9.53 Å². The van der Waals surface area contributed by atoms with Gasteiger partial charge in [0.05, 0.1) is 30.6 Å². The minimum absolute atomic E-state index is 0.0341. The van der Waals surface area contributed by atoms with Crippen molar-refractivity contribution in [3.05, 3.63) is 5.82 Å². The van der Waals surface area contributed by atoms with Gasteiger partial charge in [0, 0.05) is 0 Å². The smallest absolute Gasteiger partial charge is 0.305 e. The van der Waals surface area contributed by atoms with Crippen molar-refractivity contribution in [2.24, 2.45) is 5.92 Å². The van der Waals surface area contributed by atoms with Crippen LogP contribution in [-0.4, -0.2) is 43.5 Å². The van der Waals surface area contributed by atoms with E-state index in [0.29, 0.717) is 5.92 Å². The molecular formula is C14H24N4O3. The highest BCUT2D eigenvalue weighted by Gasteiger charge is 2.41. The zero-order valence-corrected chi connectivity index (χ0v) is 13.1. The minimum atomic E-state index is -0.827. The number of aliphatic carboxylic acids is 1. The van der Waals surface area contributed by atoms with Crippen molar-refractivity contribution < 1.29 is 14.6 Å². The summed E-state index contributed by atoms with van der Waals surface area (Å²) >= 11 is 0. The number of nitrogens with zero attached hydrogens (tertiary/aromatic N) is 4. The molecule has 1 aromatic rings. The van der Waals surface area contributed by atoms with Gasteiger partial charge in [-0.2, -0.15) is 0 Å². The van der Waals surface area contributed by atoms with Gasteiger partial charge >= 0.3 is 5.97 Å². The van der Waals surface area contributed by atoms with Crippen LogP contribution < -0.4 is 0 Å². The molecule has 0 amide bonds. The highest BCUT2D eigenvalue weighted by Crippen LogP contribution is 2.39. The van der Waals surface area contributed by atoms with Gasteiger partial charge < -0.3 is 9.84 Å². The zero-order chi connectivity index (χ0) is 15.6. The van der Waals surface area contributed by atoms with Gasteiger partial charge in [0.2, 0.25) is 0 Å². The van der Waals surface area contributed by atoms with E-state index in [2.05, 4.69) is 29.4 Å². The molecule has 0 spiro atoms. The number of carbonyl (C=O) groups is 1. The summed E-state index contributed by atoms with van der Waals surface area (Å²) in [6.07, 6.45) is 1.86. The lowest BCUT2D eigenvalue weighted by Crippen LogP contribution is -2.24. The Hall–Kier alpha value is -1.50. The molecule has 0 radical (unpaired) electrons. The average Bonchev–Trinajstić information content (AvgIpc) is 2.94. The Labute approximate surface area is 124 Å². The molecule has 118 valence electrons. The Bertz CT molecular complexity index is 490. The number of hydrogen-bond donors (Lipinski definition) is 1. The maximum absolute atomic E-state index is 11.1. The molecule has 21 heavy (non-hydrogen) atoms. The highest BCUT2D eigenvalue weighted by molar-refractivity contribution is 5.67. The number of carboxylic acid groups (broad SMARTS) is 1. The molecule has 1 aromatic heterocycles. The van der Waals surface area contributed by atoms with Crippen LogP contribution in [0, 0.1) is 5.92 Å². The maximum atomic E-state index is 11.1. The third-order valence-electron chi connectivity index (χ3n) is 4.44. The monoisotopic (exact) mass is 296 g/mol. The standard InChI is InChI=1S/C14H24N4O3/c1-5-6-11(7-12(19)20)18-14(15-16-17-18)13-8(2)9(3)21-10(13)4/h8-11,13H,5-7H2,1-4H3,(H,19,20). The topological polar surface area (TPSA) is 90.1 Å². The van der Waals surface area contributed by atoms with Crippen molar-refractivity contribution in [2.75, 3.05) is 0 Å². The molecule has 5 atom stereocenters. The summed E-state index contributed by atoms with van der Waals surface area (Å²) in [5.74, 6) is 0.325. The van der Waals surface area contributed by atoms with E-state index in [1.54, 1.807) is 4.68 Å². The molecule has 0 saturated carbocycles. The molecular weight excluding hydrogens is 272 g/mol. The van der Waals surface area contributed by atoms with Crippen LogP contribution in [0.3, 0.4) is 0 Å². The van der Waals surface area contributed by atoms with E-state index in [4.69, 9.17) is 9.84 Å². The van der Waals surface area contributed by atoms with Gasteiger partial charge in [-0.1, -0.05) is 20.3 Å². The molecule has 1 aliphatic heterocycles. The zero-order valence-electron chi connectivity index (χ0n) is 13.1. The Balaban J connectivity index is 2.30. The lowest BCUT2D eigenvalue weighted by Gasteiger charge is -2.21. The van der Waals surface area contributed by atoms with Crippen LogP contribution in [0.4, 0.5) is 0 Å². The van der Waals surface area contributed by atoms with E-state index < -0.39 is 5.97 Å². The van der Waals surface area contributed by atoms with Crippen molar-refractivity contribution in [3.63, 3.8) is 0 Å².